The molecule has 56 heavy (non-hydrogen) atoms. The van der Waals surface area contributed by atoms with Crippen molar-refractivity contribution in [3.8, 4) is 11.5 Å². The van der Waals surface area contributed by atoms with Crippen LogP contribution in [0, 0.1) is 11.7 Å². The van der Waals surface area contributed by atoms with Gasteiger partial charge < -0.3 is 39.8 Å². The molecule has 0 spiro atoms. The minimum atomic E-state index is -1.37. The van der Waals surface area contributed by atoms with Gasteiger partial charge in [-0.2, -0.15) is 0 Å². The van der Waals surface area contributed by atoms with E-state index in [4.69, 9.17) is 9.72 Å². The van der Waals surface area contributed by atoms with Crippen LogP contribution in [0.15, 0.2) is 42.5 Å². The molecule has 2 aliphatic heterocycles. The zero-order chi connectivity index (χ0) is 40.6. The van der Waals surface area contributed by atoms with E-state index in [1.54, 1.807) is 52.2 Å². The standard InChI is InChI=1S/C40H50F3N7O6/c1-7-29(46-39(55)56-40(4,5)6)36(51)48-18-23(42)14-25(48)17-28-27-10-8-9-11-30(27)44-34(28)35-45-31-16-22(41)12-13-32(31)50(35)20-26-15-24(43)19-49(26)37(52)33(21(2)3)47-38(53)54/h8-13,16,21,23-26,29,33,44,47H,7,14-15,17-20H2,1-6H3,(H,46,55)(H,53,54)/t23-,24-,25-,26-,29?,33?/m0/s1. The van der Waals surface area contributed by atoms with Crippen LogP contribution in [0.5, 0.6) is 0 Å². The number of amides is 4. The molecule has 0 aliphatic carbocycles. The van der Waals surface area contributed by atoms with Gasteiger partial charge in [-0.25, -0.2) is 27.7 Å². The number of halogens is 3. The van der Waals surface area contributed by atoms with Crippen molar-refractivity contribution in [2.45, 2.75) is 116 Å². The number of aromatic amines is 1. The SMILES string of the molecule is CCC(NC(=O)OC(C)(C)C)C(=O)N1C[C@@H](F)C[C@H]1Cc1c(-c2nc3cc(F)ccc3n2C[C@@H]2C[C@H](F)CN2C(=O)C(NC(=O)O)C(C)C)[nH]c2ccccc12. The molecule has 13 nitrogen and oxygen atoms in total. The highest BCUT2D eigenvalue weighted by Crippen LogP contribution is 2.37. The number of carboxylic acid groups (broad SMARTS) is 1. The maximum absolute atomic E-state index is 15.3. The Balaban J connectivity index is 1.39. The Morgan fingerprint density at radius 1 is 0.982 bits per heavy atom. The molecule has 0 bridgehead atoms. The Morgan fingerprint density at radius 2 is 1.64 bits per heavy atom. The number of hydrogen-bond donors (Lipinski definition) is 4. The highest BCUT2D eigenvalue weighted by molar-refractivity contribution is 5.92. The summed E-state index contributed by atoms with van der Waals surface area (Å²) in [4.78, 5) is 63.2. The van der Waals surface area contributed by atoms with Crippen LogP contribution in [0.2, 0.25) is 0 Å². The van der Waals surface area contributed by atoms with Gasteiger partial charge in [0.1, 0.15) is 35.8 Å². The van der Waals surface area contributed by atoms with Gasteiger partial charge in [-0.05, 0) is 63.3 Å². The van der Waals surface area contributed by atoms with Crippen molar-refractivity contribution in [2.24, 2.45) is 5.92 Å². The number of likely N-dealkylation sites (tertiary alicyclic amines) is 2. The fraction of sp³-hybridized carbons (Fsp3) is 0.525. The lowest BCUT2D eigenvalue weighted by molar-refractivity contribution is -0.136. The van der Waals surface area contributed by atoms with E-state index >= 15 is 8.78 Å². The maximum Gasteiger partial charge on any atom is 0.408 e. The van der Waals surface area contributed by atoms with Gasteiger partial charge in [-0.1, -0.05) is 39.0 Å². The second-order valence-electron chi connectivity index (χ2n) is 16.1. The Hall–Kier alpha value is -5.28. The van der Waals surface area contributed by atoms with Crippen LogP contribution in [-0.4, -0.2) is 109 Å². The van der Waals surface area contributed by atoms with E-state index < -0.39 is 77.8 Å². The first-order valence-electron chi connectivity index (χ1n) is 19.1. The third kappa shape index (κ3) is 8.58. The number of imidazole rings is 1. The third-order valence-electron chi connectivity index (χ3n) is 10.5. The molecule has 4 amide bonds. The zero-order valence-corrected chi connectivity index (χ0v) is 32.4. The average molecular weight is 782 g/mol. The second-order valence-corrected chi connectivity index (χ2v) is 16.1. The average Bonchev–Trinajstić information content (AvgIpc) is 3.87. The lowest BCUT2D eigenvalue weighted by atomic mass is 9.99. The summed E-state index contributed by atoms with van der Waals surface area (Å²) in [7, 11) is 0. The van der Waals surface area contributed by atoms with E-state index in [2.05, 4.69) is 15.6 Å². The lowest BCUT2D eigenvalue weighted by Gasteiger charge is -2.31. The van der Waals surface area contributed by atoms with Crippen molar-refractivity contribution in [1.29, 1.82) is 0 Å². The van der Waals surface area contributed by atoms with Gasteiger partial charge in [0.25, 0.3) is 0 Å². The summed E-state index contributed by atoms with van der Waals surface area (Å²) in [6.07, 6.45) is -4.31. The van der Waals surface area contributed by atoms with Gasteiger partial charge in [-0.3, -0.25) is 9.59 Å². The molecule has 6 rings (SSSR count). The maximum atomic E-state index is 15.3. The van der Waals surface area contributed by atoms with E-state index in [-0.39, 0.29) is 45.3 Å². The summed E-state index contributed by atoms with van der Waals surface area (Å²) in [5.41, 5.74) is 2.02. The highest BCUT2D eigenvalue weighted by atomic mass is 19.1. The number of H-pyrrole nitrogens is 1. The summed E-state index contributed by atoms with van der Waals surface area (Å²) in [6.45, 7) is 9.96. The molecule has 6 atom stereocenters. The molecule has 2 unspecified atom stereocenters. The van der Waals surface area contributed by atoms with Crippen molar-refractivity contribution in [3.63, 3.8) is 0 Å². The van der Waals surface area contributed by atoms with Gasteiger partial charge in [-0.15, -0.1) is 0 Å². The quantitative estimate of drug-likeness (QED) is 0.138. The molecule has 2 aliphatic rings. The number of alkyl carbamates (subject to hydrolysis) is 1. The topological polar surface area (TPSA) is 162 Å². The van der Waals surface area contributed by atoms with E-state index in [1.807, 2.05) is 24.3 Å². The Bertz CT molecular complexity index is 2110. The summed E-state index contributed by atoms with van der Waals surface area (Å²) in [6, 6.07) is 8.25. The van der Waals surface area contributed by atoms with Gasteiger partial charge in [0.05, 0.1) is 35.9 Å². The van der Waals surface area contributed by atoms with Crippen LogP contribution in [-0.2, 0) is 27.3 Å². The Kier molecular flexibility index (Phi) is 11.6. The van der Waals surface area contributed by atoms with E-state index in [1.165, 1.54) is 21.9 Å². The summed E-state index contributed by atoms with van der Waals surface area (Å²) in [5.74, 6) is -1.55. The lowest BCUT2D eigenvalue weighted by Crippen LogP contribution is -2.53. The minimum absolute atomic E-state index is 0.0174. The molecule has 2 aromatic heterocycles. The van der Waals surface area contributed by atoms with Gasteiger partial charge in [0.2, 0.25) is 11.8 Å². The second kappa shape index (κ2) is 16.1. The number of para-hydroxylation sites is 1. The molecule has 2 fully saturated rings. The van der Waals surface area contributed by atoms with Gasteiger partial charge in [0.15, 0.2) is 5.82 Å². The Morgan fingerprint density at radius 3 is 2.29 bits per heavy atom. The largest absolute Gasteiger partial charge is 0.465 e. The van der Waals surface area contributed by atoms with Crippen LogP contribution in [0.1, 0.15) is 66.4 Å². The third-order valence-corrected chi connectivity index (χ3v) is 10.5. The fourth-order valence-corrected chi connectivity index (χ4v) is 7.97. The highest BCUT2D eigenvalue weighted by Gasteiger charge is 2.42. The Labute approximate surface area is 322 Å². The number of carbonyl (C=O) groups excluding carboxylic acids is 3. The van der Waals surface area contributed by atoms with Crippen molar-refractivity contribution >= 4 is 45.9 Å². The zero-order valence-electron chi connectivity index (χ0n) is 32.4. The number of alkyl halides is 2. The predicted octanol–water partition coefficient (Wildman–Crippen LogP) is 6.34. The monoisotopic (exact) mass is 781 g/mol. The molecular weight excluding hydrogens is 731 g/mol. The number of aromatic nitrogens is 3. The summed E-state index contributed by atoms with van der Waals surface area (Å²) in [5, 5.41) is 15.2. The molecule has 0 saturated carbocycles. The summed E-state index contributed by atoms with van der Waals surface area (Å²) >= 11 is 0. The van der Waals surface area contributed by atoms with Gasteiger partial charge in [0, 0.05) is 42.4 Å². The number of fused-ring (bicyclic) bond motifs is 2. The molecule has 302 valence electrons. The minimum Gasteiger partial charge on any atom is -0.465 e. The fourth-order valence-electron chi connectivity index (χ4n) is 7.97. The number of hydrogen-bond acceptors (Lipinski definition) is 6. The molecule has 4 heterocycles. The normalized spacial score (nSPS) is 21.2. The summed E-state index contributed by atoms with van der Waals surface area (Å²) < 4.78 is 52.4. The molecular formula is C40H50F3N7O6. The molecule has 0 radical (unpaired) electrons. The number of rotatable bonds is 11. The van der Waals surface area contributed by atoms with Crippen LogP contribution in [0.3, 0.4) is 0 Å². The number of carbonyl (C=O) groups is 4. The van der Waals surface area contributed by atoms with Crippen LogP contribution >= 0.6 is 0 Å². The number of nitrogens with zero attached hydrogens (tertiary/aromatic N) is 4. The van der Waals surface area contributed by atoms with Crippen molar-refractivity contribution in [3.05, 3.63) is 53.8 Å². The van der Waals surface area contributed by atoms with Crippen molar-refractivity contribution < 1.29 is 42.2 Å². The van der Waals surface area contributed by atoms with Crippen LogP contribution < -0.4 is 10.6 Å². The van der Waals surface area contributed by atoms with Crippen molar-refractivity contribution in [1.82, 2.24) is 35.0 Å². The molecule has 2 aromatic carbocycles. The number of benzene rings is 2. The first kappa shape index (κ1) is 40.4. The molecule has 2 saturated heterocycles. The predicted molar refractivity (Wildman–Crippen MR) is 204 cm³/mol. The van der Waals surface area contributed by atoms with Crippen molar-refractivity contribution in [2.75, 3.05) is 13.1 Å². The molecule has 16 heteroatoms. The van der Waals surface area contributed by atoms with E-state index in [9.17, 15) is 28.7 Å². The first-order valence-corrected chi connectivity index (χ1v) is 19.1. The van der Waals surface area contributed by atoms with Crippen LogP contribution in [0.4, 0.5) is 22.8 Å². The van der Waals surface area contributed by atoms with Gasteiger partial charge >= 0.3 is 12.2 Å². The number of ether oxygens (including phenoxy) is 1. The first-order chi connectivity index (χ1) is 26.4. The number of nitrogens with one attached hydrogen (secondary N) is 3. The van der Waals surface area contributed by atoms with E-state index in [0.29, 0.717) is 22.6 Å². The molecule has 4 N–H and O–H groups in total. The van der Waals surface area contributed by atoms with Crippen LogP contribution in [0.25, 0.3) is 33.5 Å². The van der Waals surface area contributed by atoms with E-state index in [0.717, 1.165) is 16.5 Å². The molecule has 4 aromatic rings. The smallest absolute Gasteiger partial charge is 0.408 e.